The molecule has 5 nitrogen and oxygen atoms in total. The van der Waals surface area contributed by atoms with E-state index in [2.05, 4.69) is 11.0 Å². The minimum absolute atomic E-state index is 0.155. The van der Waals surface area contributed by atoms with Gasteiger partial charge in [-0.2, -0.15) is 0 Å². The second-order valence-electron chi connectivity index (χ2n) is 8.12. The highest BCUT2D eigenvalue weighted by atomic mass is 16.2. The standard InChI is InChI=1S/C20H29N3O2/c1-15(18(24)23-10-9-16-7-5-6-8-17(16)23)21-11-13-22(14-12-21)19(25)20(2,3)4/h5-8,15H,9-14H2,1-4H3. The molecule has 5 heteroatoms. The van der Waals surface area contributed by atoms with Crippen LogP contribution in [-0.2, 0) is 16.0 Å². The van der Waals surface area contributed by atoms with Gasteiger partial charge in [-0.25, -0.2) is 0 Å². The van der Waals surface area contributed by atoms with Crippen LogP contribution in [0.5, 0.6) is 0 Å². The van der Waals surface area contributed by atoms with Gasteiger partial charge in [0.15, 0.2) is 0 Å². The number of para-hydroxylation sites is 1. The van der Waals surface area contributed by atoms with Crippen molar-refractivity contribution >= 4 is 17.5 Å². The van der Waals surface area contributed by atoms with Crippen molar-refractivity contribution < 1.29 is 9.59 Å². The normalized spacial score (nSPS) is 19.7. The molecule has 1 aromatic rings. The molecule has 0 aliphatic carbocycles. The molecule has 1 unspecified atom stereocenters. The van der Waals surface area contributed by atoms with Crippen LogP contribution in [-0.4, -0.2) is 60.4 Å². The fraction of sp³-hybridized carbons (Fsp3) is 0.600. The summed E-state index contributed by atoms with van der Waals surface area (Å²) < 4.78 is 0. The van der Waals surface area contributed by atoms with E-state index in [1.165, 1.54) is 5.56 Å². The van der Waals surface area contributed by atoms with Crippen molar-refractivity contribution in [3.63, 3.8) is 0 Å². The SMILES string of the molecule is CC(C(=O)N1CCc2ccccc21)N1CCN(C(=O)C(C)(C)C)CC1. The smallest absolute Gasteiger partial charge is 0.244 e. The first-order chi connectivity index (χ1) is 11.8. The van der Waals surface area contributed by atoms with Gasteiger partial charge >= 0.3 is 0 Å². The molecule has 0 radical (unpaired) electrons. The highest BCUT2D eigenvalue weighted by Crippen LogP contribution is 2.28. The van der Waals surface area contributed by atoms with Gasteiger partial charge in [0.1, 0.15) is 0 Å². The number of fused-ring (bicyclic) bond motifs is 1. The molecule has 0 spiro atoms. The number of piperazine rings is 1. The Morgan fingerprint density at radius 1 is 1.00 bits per heavy atom. The van der Waals surface area contributed by atoms with Crippen molar-refractivity contribution in [1.82, 2.24) is 9.80 Å². The summed E-state index contributed by atoms with van der Waals surface area (Å²) in [7, 11) is 0. The lowest BCUT2D eigenvalue weighted by Crippen LogP contribution is -2.56. The maximum atomic E-state index is 13.0. The molecular formula is C20H29N3O2. The molecule has 1 aromatic carbocycles. The molecule has 2 aliphatic heterocycles. The number of carbonyl (C=O) groups is 2. The van der Waals surface area contributed by atoms with E-state index >= 15 is 0 Å². The van der Waals surface area contributed by atoms with Crippen LogP contribution in [0.1, 0.15) is 33.3 Å². The largest absolute Gasteiger partial charge is 0.340 e. The number of carbonyl (C=O) groups excluding carboxylic acids is 2. The van der Waals surface area contributed by atoms with E-state index in [0.717, 1.165) is 31.7 Å². The highest BCUT2D eigenvalue weighted by molar-refractivity contribution is 5.98. The van der Waals surface area contributed by atoms with Crippen LogP contribution in [0.4, 0.5) is 5.69 Å². The lowest BCUT2D eigenvalue weighted by Gasteiger charge is -2.40. The molecule has 1 saturated heterocycles. The molecule has 1 fully saturated rings. The van der Waals surface area contributed by atoms with Gasteiger partial charge in [-0.3, -0.25) is 14.5 Å². The van der Waals surface area contributed by atoms with Crippen molar-refractivity contribution in [3.05, 3.63) is 29.8 Å². The summed E-state index contributed by atoms with van der Waals surface area (Å²) in [6.07, 6.45) is 0.933. The molecule has 0 bridgehead atoms. The Bertz CT molecular complexity index is 657. The van der Waals surface area contributed by atoms with Gasteiger partial charge in [0.2, 0.25) is 11.8 Å². The van der Waals surface area contributed by atoms with Crippen molar-refractivity contribution in [2.75, 3.05) is 37.6 Å². The summed E-state index contributed by atoms with van der Waals surface area (Å²) in [6.45, 7) is 11.5. The summed E-state index contributed by atoms with van der Waals surface area (Å²) in [5.41, 5.74) is 1.97. The maximum absolute atomic E-state index is 13.0. The number of benzene rings is 1. The molecule has 3 rings (SSSR count). The number of anilines is 1. The monoisotopic (exact) mass is 343 g/mol. The second-order valence-corrected chi connectivity index (χ2v) is 8.12. The zero-order valence-corrected chi connectivity index (χ0v) is 15.8. The molecule has 0 saturated carbocycles. The number of rotatable bonds is 2. The molecule has 0 N–H and O–H groups in total. The van der Waals surface area contributed by atoms with Crippen LogP contribution in [0, 0.1) is 5.41 Å². The van der Waals surface area contributed by atoms with Crippen LogP contribution >= 0.6 is 0 Å². The topological polar surface area (TPSA) is 43.9 Å². The molecule has 1 atom stereocenters. The molecule has 25 heavy (non-hydrogen) atoms. The predicted molar refractivity (Wildman–Crippen MR) is 99.6 cm³/mol. The summed E-state index contributed by atoms with van der Waals surface area (Å²) >= 11 is 0. The van der Waals surface area contributed by atoms with Gasteiger partial charge < -0.3 is 9.80 Å². The summed E-state index contributed by atoms with van der Waals surface area (Å²) in [5.74, 6) is 0.361. The third kappa shape index (κ3) is 3.56. The van der Waals surface area contributed by atoms with E-state index in [9.17, 15) is 9.59 Å². The van der Waals surface area contributed by atoms with Crippen LogP contribution < -0.4 is 4.90 Å². The van der Waals surface area contributed by atoms with E-state index < -0.39 is 0 Å². The van der Waals surface area contributed by atoms with E-state index in [0.29, 0.717) is 13.1 Å². The third-order valence-electron chi connectivity index (χ3n) is 5.30. The Morgan fingerprint density at radius 3 is 2.28 bits per heavy atom. The number of hydrogen-bond acceptors (Lipinski definition) is 3. The molecule has 2 heterocycles. The van der Waals surface area contributed by atoms with Gasteiger partial charge in [0.25, 0.3) is 0 Å². The number of hydrogen-bond donors (Lipinski definition) is 0. The van der Waals surface area contributed by atoms with Crippen LogP contribution in [0.2, 0.25) is 0 Å². The minimum Gasteiger partial charge on any atom is -0.340 e. The van der Waals surface area contributed by atoms with Crippen molar-refractivity contribution in [2.45, 2.75) is 40.2 Å². The lowest BCUT2D eigenvalue weighted by molar-refractivity contribution is -0.141. The van der Waals surface area contributed by atoms with Gasteiger partial charge in [-0.15, -0.1) is 0 Å². The second kappa shape index (κ2) is 6.79. The van der Waals surface area contributed by atoms with Crippen LogP contribution in [0.3, 0.4) is 0 Å². The quantitative estimate of drug-likeness (QED) is 0.826. The van der Waals surface area contributed by atoms with E-state index in [-0.39, 0.29) is 23.3 Å². The van der Waals surface area contributed by atoms with Crippen LogP contribution in [0.15, 0.2) is 24.3 Å². The zero-order valence-electron chi connectivity index (χ0n) is 15.8. The number of amides is 2. The lowest BCUT2D eigenvalue weighted by atomic mass is 9.94. The Morgan fingerprint density at radius 2 is 1.64 bits per heavy atom. The summed E-state index contributed by atoms with van der Waals surface area (Å²) in [4.78, 5) is 31.5. The molecule has 2 amide bonds. The Hall–Kier alpha value is -1.88. The van der Waals surface area contributed by atoms with Crippen LogP contribution in [0.25, 0.3) is 0 Å². The van der Waals surface area contributed by atoms with E-state index in [1.54, 1.807) is 0 Å². The number of nitrogens with zero attached hydrogens (tertiary/aromatic N) is 3. The molecule has 2 aliphatic rings. The predicted octanol–water partition coefficient (Wildman–Crippen LogP) is 2.15. The van der Waals surface area contributed by atoms with E-state index in [4.69, 9.17) is 0 Å². The molecular weight excluding hydrogens is 314 g/mol. The van der Waals surface area contributed by atoms with Crippen molar-refractivity contribution in [1.29, 1.82) is 0 Å². The molecule has 136 valence electrons. The first-order valence-corrected chi connectivity index (χ1v) is 9.22. The minimum atomic E-state index is -0.344. The van der Waals surface area contributed by atoms with Gasteiger partial charge in [-0.05, 0) is 25.0 Å². The van der Waals surface area contributed by atoms with Gasteiger partial charge in [0.05, 0.1) is 6.04 Å². The average Bonchev–Trinajstić information content (AvgIpc) is 3.03. The first-order valence-electron chi connectivity index (χ1n) is 9.22. The maximum Gasteiger partial charge on any atom is 0.244 e. The van der Waals surface area contributed by atoms with Crippen molar-refractivity contribution in [2.24, 2.45) is 5.41 Å². The summed E-state index contributed by atoms with van der Waals surface area (Å²) in [5, 5.41) is 0. The highest BCUT2D eigenvalue weighted by Gasteiger charge is 2.34. The van der Waals surface area contributed by atoms with Gasteiger partial charge in [-0.1, -0.05) is 39.0 Å². The van der Waals surface area contributed by atoms with Gasteiger partial charge in [0, 0.05) is 43.8 Å². The van der Waals surface area contributed by atoms with Crippen molar-refractivity contribution in [3.8, 4) is 0 Å². The Kier molecular flexibility index (Phi) is 4.87. The van der Waals surface area contributed by atoms with E-state index in [1.807, 2.05) is 55.7 Å². The zero-order chi connectivity index (χ0) is 18.2. The third-order valence-corrected chi connectivity index (χ3v) is 5.30. The average molecular weight is 343 g/mol. The fourth-order valence-corrected chi connectivity index (χ4v) is 3.74. The Balaban J connectivity index is 1.61. The molecule has 0 aromatic heterocycles. The first kappa shape index (κ1) is 17.9. The fourth-order valence-electron chi connectivity index (χ4n) is 3.74. The summed E-state index contributed by atoms with van der Waals surface area (Å²) in [6, 6.07) is 8.00. The Labute approximate surface area is 150 Å².